The second-order valence-electron chi connectivity index (χ2n) is 4.60. The third-order valence-electron chi connectivity index (χ3n) is 2.32. The average molecular weight is 239 g/mol. The summed E-state index contributed by atoms with van der Waals surface area (Å²) in [5.74, 6) is 0.563. The fraction of sp³-hybridized carbons (Fsp3) is 0.667. The van der Waals surface area contributed by atoms with Gasteiger partial charge < -0.3 is 10.1 Å². The maximum Gasteiger partial charge on any atom is 0.226 e. The van der Waals surface area contributed by atoms with Crippen LogP contribution in [0.15, 0.2) is 12.4 Å². The molecular formula is C12H21N3O2. The highest BCUT2D eigenvalue weighted by molar-refractivity contribution is 5.90. The highest BCUT2D eigenvalue weighted by atomic mass is 16.5. The van der Waals surface area contributed by atoms with E-state index in [1.165, 1.54) is 0 Å². The van der Waals surface area contributed by atoms with Crippen LogP contribution in [0.2, 0.25) is 0 Å². The summed E-state index contributed by atoms with van der Waals surface area (Å²) in [7, 11) is 0. The highest BCUT2D eigenvalue weighted by Gasteiger charge is 2.07. The van der Waals surface area contributed by atoms with Gasteiger partial charge in [0.1, 0.15) is 0 Å². The predicted molar refractivity (Wildman–Crippen MR) is 66.7 cm³/mol. The summed E-state index contributed by atoms with van der Waals surface area (Å²) in [6, 6.07) is 0. The molecule has 1 rings (SSSR count). The smallest absolute Gasteiger partial charge is 0.226 e. The topological polar surface area (TPSA) is 67.0 Å². The molecule has 1 aromatic rings. The Balaban J connectivity index is 2.12. The van der Waals surface area contributed by atoms with E-state index in [0.29, 0.717) is 24.6 Å². The quantitative estimate of drug-likeness (QED) is 0.766. The number of aromatic nitrogens is 2. The fourth-order valence-electron chi connectivity index (χ4n) is 1.63. The van der Waals surface area contributed by atoms with Gasteiger partial charge in [0.15, 0.2) is 0 Å². The number of rotatable bonds is 7. The molecule has 0 aliphatic heterocycles. The Hall–Kier alpha value is -1.36. The van der Waals surface area contributed by atoms with Gasteiger partial charge in [0.05, 0.1) is 31.0 Å². The van der Waals surface area contributed by atoms with Gasteiger partial charge in [0.2, 0.25) is 5.91 Å². The molecule has 2 N–H and O–H groups in total. The third kappa shape index (κ3) is 6.06. The maximum absolute atomic E-state index is 11.5. The molecule has 0 bridgehead atoms. The minimum atomic E-state index is -0.0526. The van der Waals surface area contributed by atoms with Crippen LogP contribution in [0.3, 0.4) is 0 Å². The zero-order chi connectivity index (χ0) is 12.7. The lowest BCUT2D eigenvalue weighted by molar-refractivity contribution is -0.117. The molecule has 5 nitrogen and oxygen atoms in total. The van der Waals surface area contributed by atoms with Gasteiger partial charge in [-0.3, -0.25) is 9.89 Å². The Bertz CT molecular complexity index is 323. The van der Waals surface area contributed by atoms with Gasteiger partial charge in [-0.05, 0) is 19.3 Å². The molecule has 96 valence electrons. The van der Waals surface area contributed by atoms with Crippen LogP contribution in [0.1, 0.15) is 33.6 Å². The van der Waals surface area contributed by atoms with Crippen molar-refractivity contribution in [2.24, 2.45) is 5.92 Å². The molecule has 1 aromatic heterocycles. The zero-order valence-corrected chi connectivity index (χ0v) is 10.7. The number of carbonyl (C=O) groups excluding carboxylic acids is 1. The van der Waals surface area contributed by atoms with Crippen LogP contribution in [0.5, 0.6) is 0 Å². The van der Waals surface area contributed by atoms with Crippen molar-refractivity contribution in [2.75, 3.05) is 11.9 Å². The summed E-state index contributed by atoms with van der Waals surface area (Å²) in [5.41, 5.74) is 0.685. The van der Waals surface area contributed by atoms with E-state index in [9.17, 15) is 4.79 Å². The predicted octanol–water partition coefficient (Wildman–Crippen LogP) is 2.19. The minimum Gasteiger partial charge on any atom is -0.378 e. The third-order valence-corrected chi connectivity index (χ3v) is 2.32. The molecule has 0 fully saturated rings. The number of aromatic amines is 1. The lowest BCUT2D eigenvalue weighted by Gasteiger charge is -2.14. The lowest BCUT2D eigenvalue weighted by Crippen LogP contribution is -2.17. The average Bonchev–Trinajstić information content (AvgIpc) is 2.69. The number of ether oxygens (including phenoxy) is 1. The van der Waals surface area contributed by atoms with E-state index in [-0.39, 0.29) is 12.0 Å². The first-order valence-electron chi connectivity index (χ1n) is 5.98. The van der Waals surface area contributed by atoms with Gasteiger partial charge in [-0.25, -0.2) is 0 Å². The lowest BCUT2D eigenvalue weighted by atomic mass is 10.1. The number of anilines is 1. The molecular weight excluding hydrogens is 218 g/mol. The largest absolute Gasteiger partial charge is 0.378 e. The number of carbonyl (C=O) groups is 1. The molecule has 0 saturated heterocycles. The SMILES string of the molecule is CC(C)CC(C)OCCC(=O)Nc1cn[nH]c1. The molecule has 1 unspecified atom stereocenters. The molecule has 0 aliphatic carbocycles. The van der Waals surface area contributed by atoms with Gasteiger partial charge in [0, 0.05) is 6.20 Å². The first kappa shape index (κ1) is 13.7. The first-order chi connectivity index (χ1) is 8.08. The van der Waals surface area contributed by atoms with E-state index in [4.69, 9.17) is 4.74 Å². The number of nitrogens with zero attached hydrogens (tertiary/aromatic N) is 1. The summed E-state index contributed by atoms with van der Waals surface area (Å²) in [5, 5.41) is 9.10. The van der Waals surface area contributed by atoms with E-state index in [1.54, 1.807) is 12.4 Å². The number of nitrogens with one attached hydrogen (secondary N) is 2. The van der Waals surface area contributed by atoms with Crippen molar-refractivity contribution in [3.05, 3.63) is 12.4 Å². The number of amides is 1. The summed E-state index contributed by atoms with van der Waals surface area (Å²) in [4.78, 5) is 11.5. The van der Waals surface area contributed by atoms with E-state index < -0.39 is 0 Å². The van der Waals surface area contributed by atoms with Crippen molar-refractivity contribution >= 4 is 11.6 Å². The Morgan fingerprint density at radius 1 is 1.53 bits per heavy atom. The van der Waals surface area contributed by atoms with Crippen molar-refractivity contribution in [1.29, 1.82) is 0 Å². The van der Waals surface area contributed by atoms with Crippen LogP contribution in [-0.2, 0) is 9.53 Å². The summed E-state index contributed by atoms with van der Waals surface area (Å²) >= 11 is 0. The van der Waals surface area contributed by atoms with E-state index in [0.717, 1.165) is 6.42 Å². The number of hydrogen-bond donors (Lipinski definition) is 2. The van der Waals surface area contributed by atoms with Crippen LogP contribution < -0.4 is 5.32 Å². The van der Waals surface area contributed by atoms with Crippen LogP contribution in [0, 0.1) is 5.92 Å². The first-order valence-corrected chi connectivity index (χ1v) is 5.98. The fourth-order valence-corrected chi connectivity index (χ4v) is 1.63. The Morgan fingerprint density at radius 2 is 2.29 bits per heavy atom. The van der Waals surface area contributed by atoms with E-state index >= 15 is 0 Å². The van der Waals surface area contributed by atoms with Gasteiger partial charge in [-0.1, -0.05) is 13.8 Å². The van der Waals surface area contributed by atoms with Crippen molar-refractivity contribution < 1.29 is 9.53 Å². The molecule has 5 heteroatoms. The van der Waals surface area contributed by atoms with Crippen molar-refractivity contribution in [3.63, 3.8) is 0 Å². The second-order valence-corrected chi connectivity index (χ2v) is 4.60. The normalized spacial score (nSPS) is 12.7. The van der Waals surface area contributed by atoms with Crippen molar-refractivity contribution in [2.45, 2.75) is 39.7 Å². The van der Waals surface area contributed by atoms with Crippen LogP contribution >= 0.6 is 0 Å². The van der Waals surface area contributed by atoms with Gasteiger partial charge >= 0.3 is 0 Å². The van der Waals surface area contributed by atoms with E-state index in [2.05, 4.69) is 29.4 Å². The summed E-state index contributed by atoms with van der Waals surface area (Å²) in [6.07, 6.45) is 4.80. The van der Waals surface area contributed by atoms with Crippen molar-refractivity contribution in [1.82, 2.24) is 10.2 Å². The highest BCUT2D eigenvalue weighted by Crippen LogP contribution is 2.08. The molecule has 0 radical (unpaired) electrons. The van der Waals surface area contributed by atoms with E-state index in [1.807, 2.05) is 6.92 Å². The summed E-state index contributed by atoms with van der Waals surface area (Å²) in [6.45, 7) is 6.81. The monoisotopic (exact) mass is 239 g/mol. The summed E-state index contributed by atoms with van der Waals surface area (Å²) < 4.78 is 5.56. The standard InChI is InChI=1S/C12H21N3O2/c1-9(2)6-10(3)17-5-4-12(16)15-11-7-13-14-8-11/h7-10H,4-6H2,1-3H3,(H,13,14)(H,15,16). The van der Waals surface area contributed by atoms with Gasteiger partial charge in [0.25, 0.3) is 0 Å². The van der Waals surface area contributed by atoms with Crippen LogP contribution in [0.4, 0.5) is 5.69 Å². The van der Waals surface area contributed by atoms with Crippen LogP contribution in [0.25, 0.3) is 0 Å². The maximum atomic E-state index is 11.5. The number of hydrogen-bond acceptors (Lipinski definition) is 3. The number of H-pyrrole nitrogens is 1. The molecule has 0 aliphatic rings. The molecule has 1 heterocycles. The van der Waals surface area contributed by atoms with Crippen LogP contribution in [-0.4, -0.2) is 28.8 Å². The zero-order valence-electron chi connectivity index (χ0n) is 10.7. The van der Waals surface area contributed by atoms with Crippen molar-refractivity contribution in [3.8, 4) is 0 Å². The second kappa shape index (κ2) is 7.06. The minimum absolute atomic E-state index is 0.0526. The molecule has 17 heavy (non-hydrogen) atoms. The Morgan fingerprint density at radius 3 is 2.88 bits per heavy atom. The Kier molecular flexibility index (Phi) is 5.69. The molecule has 0 spiro atoms. The Labute approximate surface area is 102 Å². The van der Waals surface area contributed by atoms with Gasteiger partial charge in [-0.15, -0.1) is 0 Å². The molecule has 0 saturated carbocycles. The molecule has 1 amide bonds. The molecule has 1 atom stereocenters. The van der Waals surface area contributed by atoms with Gasteiger partial charge in [-0.2, -0.15) is 5.10 Å². The molecule has 0 aromatic carbocycles.